The van der Waals surface area contributed by atoms with Crippen molar-refractivity contribution in [1.82, 2.24) is 10.2 Å². The quantitative estimate of drug-likeness (QED) is 0.504. The number of piperidine rings is 1. The van der Waals surface area contributed by atoms with E-state index in [4.69, 9.17) is 11.5 Å². The molecule has 86 valence electrons. The van der Waals surface area contributed by atoms with Crippen LogP contribution in [0.3, 0.4) is 0 Å². The number of carbonyl (C=O) groups is 2. The molecule has 2 amide bonds. The Kier molecular flexibility index (Phi) is 4.05. The summed E-state index contributed by atoms with van der Waals surface area (Å²) in [6, 6.07) is -0.453. The van der Waals surface area contributed by atoms with Crippen molar-refractivity contribution < 1.29 is 9.59 Å². The third-order valence-corrected chi connectivity index (χ3v) is 2.62. The predicted molar refractivity (Wildman–Crippen MR) is 55.8 cm³/mol. The second kappa shape index (κ2) is 5.09. The summed E-state index contributed by atoms with van der Waals surface area (Å²) in [6.07, 6.45) is 1.33. The number of nitrogens with zero attached hydrogens (tertiary/aromatic N) is 1. The summed E-state index contributed by atoms with van der Waals surface area (Å²) in [5, 5.41) is 3.13. The first-order chi connectivity index (χ1) is 7.00. The Hall–Kier alpha value is -1.14. The molecule has 0 aromatic carbocycles. The van der Waals surface area contributed by atoms with Crippen molar-refractivity contribution in [2.45, 2.75) is 24.9 Å². The average molecular weight is 214 g/mol. The molecule has 2 unspecified atom stereocenters. The lowest BCUT2D eigenvalue weighted by Crippen LogP contribution is -2.52. The Labute approximate surface area is 89.0 Å². The summed E-state index contributed by atoms with van der Waals surface area (Å²) < 4.78 is 0. The summed E-state index contributed by atoms with van der Waals surface area (Å²) in [6.45, 7) is 1.02. The number of nitrogens with one attached hydrogen (secondary N) is 1. The molecule has 0 aromatic heterocycles. The lowest BCUT2D eigenvalue weighted by molar-refractivity contribution is -0.132. The summed E-state index contributed by atoms with van der Waals surface area (Å²) >= 11 is 0. The molecule has 15 heavy (non-hydrogen) atoms. The van der Waals surface area contributed by atoms with Gasteiger partial charge >= 0.3 is 0 Å². The van der Waals surface area contributed by atoms with Crippen molar-refractivity contribution in [2.24, 2.45) is 11.5 Å². The zero-order valence-corrected chi connectivity index (χ0v) is 8.90. The largest absolute Gasteiger partial charge is 0.368 e. The number of primary amides is 1. The highest BCUT2D eigenvalue weighted by Crippen LogP contribution is 2.09. The van der Waals surface area contributed by atoms with Crippen LogP contribution in [-0.4, -0.2) is 48.9 Å². The second-order valence-corrected chi connectivity index (χ2v) is 3.93. The van der Waals surface area contributed by atoms with Crippen molar-refractivity contribution in [1.29, 1.82) is 0 Å². The number of hydrogen-bond donors (Lipinski definition) is 3. The van der Waals surface area contributed by atoms with Crippen LogP contribution in [-0.2, 0) is 9.59 Å². The number of hydrogen-bond acceptors (Lipinski definition) is 4. The first-order valence-electron chi connectivity index (χ1n) is 5.03. The molecule has 1 rings (SSSR count). The lowest BCUT2D eigenvalue weighted by Gasteiger charge is -2.30. The van der Waals surface area contributed by atoms with Gasteiger partial charge in [-0.2, -0.15) is 0 Å². The Bertz CT molecular complexity index is 256. The first kappa shape index (κ1) is 11.9. The molecule has 2 atom stereocenters. The van der Waals surface area contributed by atoms with Crippen LogP contribution in [0.2, 0.25) is 0 Å². The Morgan fingerprint density at radius 3 is 2.93 bits per heavy atom. The maximum Gasteiger partial charge on any atom is 0.235 e. The first-order valence-corrected chi connectivity index (χ1v) is 5.03. The molecule has 1 saturated heterocycles. The van der Waals surface area contributed by atoms with Crippen LogP contribution in [0.25, 0.3) is 0 Å². The highest BCUT2D eigenvalue weighted by Gasteiger charge is 2.23. The molecule has 0 bridgehead atoms. The van der Waals surface area contributed by atoms with E-state index < -0.39 is 11.9 Å². The van der Waals surface area contributed by atoms with E-state index in [0.29, 0.717) is 19.5 Å². The number of nitrogens with two attached hydrogens (primary N) is 2. The topological polar surface area (TPSA) is 101 Å². The van der Waals surface area contributed by atoms with Crippen molar-refractivity contribution in [3.8, 4) is 0 Å². The second-order valence-electron chi connectivity index (χ2n) is 3.93. The van der Waals surface area contributed by atoms with Crippen molar-refractivity contribution in [3.63, 3.8) is 0 Å². The SMILES string of the molecule is CN1CC(NCC(N)C(N)=O)CCC1=O. The minimum atomic E-state index is -0.659. The molecule has 1 fully saturated rings. The van der Waals surface area contributed by atoms with Crippen LogP contribution < -0.4 is 16.8 Å². The Morgan fingerprint density at radius 1 is 1.73 bits per heavy atom. The summed E-state index contributed by atoms with van der Waals surface area (Å²) in [5.74, 6) is -0.352. The van der Waals surface area contributed by atoms with Crippen molar-refractivity contribution in [3.05, 3.63) is 0 Å². The van der Waals surface area contributed by atoms with E-state index in [-0.39, 0.29) is 11.9 Å². The highest BCUT2D eigenvalue weighted by atomic mass is 16.2. The third kappa shape index (κ3) is 3.49. The van der Waals surface area contributed by atoms with Crippen LogP contribution in [0.15, 0.2) is 0 Å². The lowest BCUT2D eigenvalue weighted by atomic mass is 10.1. The van der Waals surface area contributed by atoms with Gasteiger partial charge in [-0.25, -0.2) is 0 Å². The van der Waals surface area contributed by atoms with Crippen molar-refractivity contribution in [2.75, 3.05) is 20.1 Å². The molecule has 0 aliphatic carbocycles. The van der Waals surface area contributed by atoms with E-state index in [1.807, 2.05) is 0 Å². The van der Waals surface area contributed by atoms with E-state index in [1.54, 1.807) is 11.9 Å². The van der Waals surface area contributed by atoms with E-state index in [0.717, 1.165) is 6.42 Å². The maximum absolute atomic E-state index is 11.2. The molecule has 5 N–H and O–H groups in total. The van der Waals surface area contributed by atoms with Crippen LogP contribution in [0, 0.1) is 0 Å². The molecule has 1 heterocycles. The molecule has 0 radical (unpaired) electrons. The molecule has 0 spiro atoms. The van der Waals surface area contributed by atoms with Gasteiger partial charge in [0.05, 0.1) is 6.04 Å². The minimum absolute atomic E-state index is 0.159. The van der Waals surface area contributed by atoms with Crippen molar-refractivity contribution >= 4 is 11.8 Å². The summed E-state index contributed by atoms with van der Waals surface area (Å²) in [4.78, 5) is 23.5. The van der Waals surface area contributed by atoms with Crippen LogP contribution in [0.5, 0.6) is 0 Å². The fourth-order valence-electron chi connectivity index (χ4n) is 1.57. The fraction of sp³-hybridized carbons (Fsp3) is 0.778. The standard InChI is InChI=1S/C9H18N4O2/c1-13-5-6(2-3-8(13)14)12-4-7(10)9(11)15/h6-7,12H,2-5,10H2,1H3,(H2,11,15). The zero-order chi connectivity index (χ0) is 11.4. The van der Waals surface area contributed by atoms with E-state index >= 15 is 0 Å². The summed E-state index contributed by atoms with van der Waals surface area (Å²) in [5.41, 5.74) is 10.5. The predicted octanol–water partition coefficient (Wildman–Crippen LogP) is -1.99. The smallest absolute Gasteiger partial charge is 0.235 e. The van der Waals surface area contributed by atoms with Crippen LogP contribution >= 0.6 is 0 Å². The molecule has 6 heteroatoms. The molecule has 0 aromatic rings. The van der Waals surface area contributed by atoms with Gasteiger partial charge in [0.25, 0.3) is 0 Å². The van der Waals surface area contributed by atoms with Gasteiger partial charge in [-0.3, -0.25) is 9.59 Å². The number of likely N-dealkylation sites (N-methyl/N-ethyl adjacent to an activating group) is 1. The number of rotatable bonds is 4. The molecule has 6 nitrogen and oxygen atoms in total. The Balaban J connectivity index is 2.28. The number of amides is 2. The van der Waals surface area contributed by atoms with Gasteiger partial charge in [-0.1, -0.05) is 0 Å². The molecular weight excluding hydrogens is 196 g/mol. The van der Waals surface area contributed by atoms with Gasteiger partial charge in [0.1, 0.15) is 0 Å². The van der Waals surface area contributed by atoms with Gasteiger partial charge in [0.15, 0.2) is 0 Å². The monoisotopic (exact) mass is 214 g/mol. The molecular formula is C9H18N4O2. The molecule has 0 saturated carbocycles. The summed E-state index contributed by atoms with van der Waals surface area (Å²) in [7, 11) is 1.77. The maximum atomic E-state index is 11.2. The van der Waals surface area contributed by atoms with Gasteiger partial charge in [-0.15, -0.1) is 0 Å². The Morgan fingerprint density at radius 2 is 2.40 bits per heavy atom. The fourth-order valence-corrected chi connectivity index (χ4v) is 1.57. The zero-order valence-electron chi connectivity index (χ0n) is 8.90. The van der Waals surface area contributed by atoms with Gasteiger partial charge < -0.3 is 21.7 Å². The third-order valence-electron chi connectivity index (χ3n) is 2.62. The minimum Gasteiger partial charge on any atom is -0.368 e. The number of carbonyl (C=O) groups excluding carboxylic acids is 2. The number of likely N-dealkylation sites (tertiary alicyclic amines) is 1. The van der Waals surface area contributed by atoms with Crippen LogP contribution in [0.4, 0.5) is 0 Å². The molecule has 1 aliphatic heterocycles. The van der Waals surface area contributed by atoms with E-state index in [1.165, 1.54) is 0 Å². The van der Waals surface area contributed by atoms with E-state index in [2.05, 4.69) is 5.32 Å². The van der Waals surface area contributed by atoms with Gasteiger partial charge in [0.2, 0.25) is 11.8 Å². The van der Waals surface area contributed by atoms with Gasteiger partial charge in [0, 0.05) is 32.6 Å². The van der Waals surface area contributed by atoms with Crippen LogP contribution in [0.1, 0.15) is 12.8 Å². The normalized spacial score (nSPS) is 24.0. The molecule has 1 aliphatic rings. The highest BCUT2D eigenvalue weighted by molar-refractivity contribution is 5.79. The van der Waals surface area contributed by atoms with Gasteiger partial charge in [-0.05, 0) is 6.42 Å². The average Bonchev–Trinajstić information content (AvgIpc) is 2.19. The van der Waals surface area contributed by atoms with E-state index in [9.17, 15) is 9.59 Å².